The number of nitrogens with zero attached hydrogens (tertiary/aromatic N) is 2. The summed E-state index contributed by atoms with van der Waals surface area (Å²) in [5.74, 6) is -2.32. The Morgan fingerprint density at radius 1 is 1.19 bits per heavy atom. The Hall–Kier alpha value is -2.55. The van der Waals surface area contributed by atoms with E-state index in [2.05, 4.69) is 10.3 Å². The molecule has 1 fully saturated rings. The molecule has 0 radical (unpaired) electrons. The van der Waals surface area contributed by atoms with Crippen molar-refractivity contribution >= 4 is 27.1 Å². The van der Waals surface area contributed by atoms with Crippen molar-refractivity contribution in [3.63, 3.8) is 0 Å². The van der Waals surface area contributed by atoms with Gasteiger partial charge in [-0.05, 0) is 30.7 Å². The van der Waals surface area contributed by atoms with Crippen LogP contribution in [0.2, 0.25) is 0 Å². The molecule has 1 unspecified atom stereocenters. The molecule has 2 heterocycles. The van der Waals surface area contributed by atoms with Crippen LogP contribution in [0.4, 0.5) is 20.2 Å². The highest BCUT2D eigenvalue weighted by atomic mass is 32.2. The summed E-state index contributed by atoms with van der Waals surface area (Å²) in [6, 6.07) is 6.06. The quantitative estimate of drug-likeness (QED) is 0.880. The van der Waals surface area contributed by atoms with Crippen molar-refractivity contribution in [3.8, 4) is 0 Å². The molecule has 1 N–H and O–H groups in total. The van der Waals surface area contributed by atoms with Crippen LogP contribution in [0.3, 0.4) is 0 Å². The fraction of sp³-hybridized carbons (Fsp3) is 0.294. The number of nitrogens with one attached hydrogen (secondary N) is 1. The smallest absolute Gasteiger partial charge is 0.272 e. The molecular weight excluding hydrogens is 364 g/mol. The SMILES string of the molecule is CN(C(=O)c1cc(Nc2ccc(F)c(F)c2)ccn1)C1CCS(=O)(=O)C1. The first-order valence-corrected chi connectivity index (χ1v) is 9.73. The van der Waals surface area contributed by atoms with E-state index >= 15 is 0 Å². The molecular formula is C17H17F2N3O3S. The molecule has 0 bridgehead atoms. The van der Waals surface area contributed by atoms with Gasteiger partial charge in [0.25, 0.3) is 5.91 Å². The predicted molar refractivity (Wildman–Crippen MR) is 93.0 cm³/mol. The lowest BCUT2D eigenvalue weighted by Gasteiger charge is -2.23. The van der Waals surface area contributed by atoms with E-state index in [4.69, 9.17) is 0 Å². The molecule has 1 aliphatic rings. The number of amides is 1. The lowest BCUT2D eigenvalue weighted by atomic mass is 10.2. The van der Waals surface area contributed by atoms with Crippen LogP contribution in [0.25, 0.3) is 0 Å². The largest absolute Gasteiger partial charge is 0.355 e. The van der Waals surface area contributed by atoms with Gasteiger partial charge in [0.15, 0.2) is 21.5 Å². The Kier molecular flexibility index (Phi) is 4.90. The minimum absolute atomic E-state index is 0.0535. The maximum atomic E-state index is 13.3. The maximum absolute atomic E-state index is 13.3. The summed E-state index contributed by atoms with van der Waals surface area (Å²) in [5, 5.41) is 2.88. The van der Waals surface area contributed by atoms with E-state index in [0.717, 1.165) is 12.1 Å². The first kappa shape index (κ1) is 18.2. The van der Waals surface area contributed by atoms with Gasteiger partial charge in [-0.1, -0.05) is 0 Å². The van der Waals surface area contributed by atoms with Crippen molar-refractivity contribution in [3.05, 3.63) is 53.9 Å². The van der Waals surface area contributed by atoms with E-state index in [0.29, 0.717) is 17.8 Å². The number of pyridine rings is 1. The summed E-state index contributed by atoms with van der Waals surface area (Å²) in [5.41, 5.74) is 0.926. The second-order valence-corrected chi connectivity index (χ2v) is 8.39. The highest BCUT2D eigenvalue weighted by molar-refractivity contribution is 7.91. The zero-order chi connectivity index (χ0) is 18.9. The summed E-state index contributed by atoms with van der Waals surface area (Å²) in [6.07, 6.45) is 1.81. The predicted octanol–water partition coefficient (Wildman–Crippen LogP) is 2.36. The fourth-order valence-electron chi connectivity index (χ4n) is 2.79. The average molecular weight is 381 g/mol. The molecule has 9 heteroatoms. The molecule has 1 amide bonds. The van der Waals surface area contributed by atoms with Gasteiger partial charge in [0.05, 0.1) is 11.5 Å². The summed E-state index contributed by atoms with van der Waals surface area (Å²) >= 11 is 0. The van der Waals surface area contributed by atoms with Crippen LogP contribution in [0.15, 0.2) is 36.5 Å². The highest BCUT2D eigenvalue weighted by Crippen LogP contribution is 2.21. The Morgan fingerprint density at radius 3 is 2.58 bits per heavy atom. The number of anilines is 2. The molecule has 3 rings (SSSR count). The number of hydrogen-bond acceptors (Lipinski definition) is 5. The van der Waals surface area contributed by atoms with Crippen LogP contribution < -0.4 is 5.32 Å². The van der Waals surface area contributed by atoms with Gasteiger partial charge < -0.3 is 10.2 Å². The zero-order valence-corrected chi connectivity index (χ0v) is 14.8. The van der Waals surface area contributed by atoms with Crippen LogP contribution in [0, 0.1) is 11.6 Å². The standard InChI is InChI=1S/C17H17F2N3O3S/c1-22(13-5-7-26(24,25)10-13)17(23)16-9-12(4-6-20-16)21-11-2-3-14(18)15(19)8-11/h2-4,6,8-9,13H,5,7,10H2,1H3,(H,20,21). The van der Waals surface area contributed by atoms with Crippen molar-refractivity contribution in [2.75, 3.05) is 23.9 Å². The first-order chi connectivity index (χ1) is 12.2. The molecule has 0 saturated carbocycles. The number of hydrogen-bond donors (Lipinski definition) is 1. The number of sulfone groups is 1. The first-order valence-electron chi connectivity index (χ1n) is 7.91. The van der Waals surface area contributed by atoms with Crippen molar-refractivity contribution in [2.24, 2.45) is 0 Å². The van der Waals surface area contributed by atoms with Crippen molar-refractivity contribution in [1.29, 1.82) is 0 Å². The molecule has 1 aromatic carbocycles. The summed E-state index contributed by atoms with van der Waals surface area (Å²) < 4.78 is 49.5. The van der Waals surface area contributed by atoms with Crippen molar-refractivity contribution in [1.82, 2.24) is 9.88 Å². The van der Waals surface area contributed by atoms with Gasteiger partial charge in [0.1, 0.15) is 5.69 Å². The van der Waals surface area contributed by atoms with E-state index in [1.54, 1.807) is 13.1 Å². The molecule has 6 nitrogen and oxygen atoms in total. The third-order valence-electron chi connectivity index (χ3n) is 4.26. The normalized spacial score (nSPS) is 18.5. The molecule has 0 aliphatic carbocycles. The van der Waals surface area contributed by atoms with Gasteiger partial charge in [-0.15, -0.1) is 0 Å². The zero-order valence-electron chi connectivity index (χ0n) is 13.9. The Balaban J connectivity index is 1.76. The van der Waals surface area contributed by atoms with Gasteiger partial charge in [0, 0.05) is 36.7 Å². The average Bonchev–Trinajstić information content (AvgIpc) is 2.97. The summed E-state index contributed by atoms with van der Waals surface area (Å²) in [6.45, 7) is 0. The Bertz CT molecular complexity index is 950. The van der Waals surface area contributed by atoms with Crippen molar-refractivity contribution in [2.45, 2.75) is 12.5 Å². The summed E-state index contributed by atoms with van der Waals surface area (Å²) in [4.78, 5) is 18.0. The minimum Gasteiger partial charge on any atom is -0.355 e. The van der Waals surface area contributed by atoms with Gasteiger partial charge in [-0.25, -0.2) is 17.2 Å². The van der Waals surface area contributed by atoms with Crippen LogP contribution in [0.5, 0.6) is 0 Å². The fourth-order valence-corrected chi connectivity index (χ4v) is 4.57. The van der Waals surface area contributed by atoms with Crippen LogP contribution in [-0.4, -0.2) is 48.8 Å². The van der Waals surface area contributed by atoms with Crippen LogP contribution in [0.1, 0.15) is 16.9 Å². The number of carbonyl (C=O) groups excluding carboxylic acids is 1. The molecule has 2 aromatic rings. The van der Waals surface area contributed by atoms with Gasteiger partial charge >= 0.3 is 0 Å². The lowest BCUT2D eigenvalue weighted by molar-refractivity contribution is 0.0742. The van der Waals surface area contributed by atoms with E-state index in [1.807, 2.05) is 0 Å². The van der Waals surface area contributed by atoms with Gasteiger partial charge in [-0.2, -0.15) is 0 Å². The molecule has 1 aliphatic heterocycles. The monoisotopic (exact) mass is 381 g/mol. The molecule has 1 atom stereocenters. The molecule has 26 heavy (non-hydrogen) atoms. The lowest BCUT2D eigenvalue weighted by Crippen LogP contribution is -2.38. The highest BCUT2D eigenvalue weighted by Gasteiger charge is 2.33. The number of rotatable bonds is 4. The Labute approximate surface area is 149 Å². The van der Waals surface area contributed by atoms with E-state index in [-0.39, 0.29) is 23.2 Å². The van der Waals surface area contributed by atoms with E-state index in [9.17, 15) is 22.0 Å². The molecule has 138 valence electrons. The summed E-state index contributed by atoms with van der Waals surface area (Å²) in [7, 11) is -1.56. The van der Waals surface area contributed by atoms with Crippen LogP contribution >= 0.6 is 0 Å². The minimum atomic E-state index is -3.11. The number of benzene rings is 1. The number of aromatic nitrogens is 1. The van der Waals surface area contributed by atoms with Gasteiger partial charge in [-0.3, -0.25) is 9.78 Å². The number of carbonyl (C=O) groups is 1. The maximum Gasteiger partial charge on any atom is 0.272 e. The topological polar surface area (TPSA) is 79.4 Å². The van der Waals surface area contributed by atoms with E-state index < -0.39 is 27.4 Å². The Morgan fingerprint density at radius 2 is 1.92 bits per heavy atom. The third-order valence-corrected chi connectivity index (χ3v) is 6.01. The third kappa shape index (κ3) is 3.98. The molecule has 1 saturated heterocycles. The molecule has 0 spiro atoms. The molecule has 1 aromatic heterocycles. The van der Waals surface area contributed by atoms with Crippen molar-refractivity contribution < 1.29 is 22.0 Å². The van der Waals surface area contributed by atoms with Gasteiger partial charge in [0.2, 0.25) is 0 Å². The van der Waals surface area contributed by atoms with Crippen LogP contribution in [-0.2, 0) is 9.84 Å². The second kappa shape index (κ2) is 6.99. The number of halogens is 2. The van der Waals surface area contributed by atoms with E-state index in [1.165, 1.54) is 23.2 Å². The second-order valence-electron chi connectivity index (χ2n) is 6.16.